The lowest BCUT2D eigenvalue weighted by atomic mass is 9.98. The highest BCUT2D eigenvalue weighted by molar-refractivity contribution is 9.10. The fraction of sp³-hybridized carbons (Fsp3) is 0.310. The van der Waals surface area contributed by atoms with Crippen molar-refractivity contribution < 1.29 is 24.2 Å². The predicted octanol–water partition coefficient (Wildman–Crippen LogP) is 4.91. The second-order valence-corrected chi connectivity index (χ2v) is 10.5. The van der Waals surface area contributed by atoms with E-state index in [0.717, 1.165) is 26.7 Å². The number of fused-ring (bicyclic) bond motifs is 3. The van der Waals surface area contributed by atoms with Gasteiger partial charge in [0.2, 0.25) is 5.91 Å². The van der Waals surface area contributed by atoms with Gasteiger partial charge in [-0.1, -0.05) is 55.5 Å². The summed E-state index contributed by atoms with van der Waals surface area (Å²) in [5, 5.41) is 14.7. The van der Waals surface area contributed by atoms with E-state index in [0.29, 0.717) is 5.69 Å². The second kappa shape index (κ2) is 12.2. The largest absolute Gasteiger partial charge is 0.481 e. The van der Waals surface area contributed by atoms with Crippen molar-refractivity contribution >= 4 is 33.9 Å². The van der Waals surface area contributed by atoms with Gasteiger partial charge in [0.15, 0.2) is 0 Å². The van der Waals surface area contributed by atoms with Crippen molar-refractivity contribution in [2.24, 2.45) is 5.92 Å². The zero-order chi connectivity index (χ0) is 27.2. The maximum Gasteiger partial charge on any atom is 0.407 e. The summed E-state index contributed by atoms with van der Waals surface area (Å²) in [5.41, 5.74) is 5.05. The van der Waals surface area contributed by atoms with Crippen LogP contribution in [-0.4, -0.2) is 46.8 Å². The fourth-order valence-electron chi connectivity index (χ4n) is 4.76. The maximum absolute atomic E-state index is 13.1. The van der Waals surface area contributed by atoms with Crippen LogP contribution in [0.4, 0.5) is 4.79 Å². The first-order valence-corrected chi connectivity index (χ1v) is 13.3. The summed E-state index contributed by atoms with van der Waals surface area (Å²) >= 11 is 3.34. The van der Waals surface area contributed by atoms with E-state index in [9.17, 15) is 19.5 Å². The summed E-state index contributed by atoms with van der Waals surface area (Å²) < 4.78 is 6.44. The lowest BCUT2D eigenvalue weighted by Crippen LogP contribution is -2.50. The summed E-state index contributed by atoms with van der Waals surface area (Å²) in [6.45, 7) is 3.44. The molecular weight excluding hydrogens is 550 g/mol. The molecule has 0 bridgehead atoms. The Morgan fingerprint density at radius 3 is 2.18 bits per heavy atom. The highest BCUT2D eigenvalue weighted by Gasteiger charge is 2.30. The lowest BCUT2D eigenvalue weighted by Gasteiger charge is -2.22. The number of carboxylic acid groups (broad SMARTS) is 1. The molecule has 3 N–H and O–H groups in total. The highest BCUT2D eigenvalue weighted by Crippen LogP contribution is 2.44. The molecule has 0 spiro atoms. The maximum atomic E-state index is 13.1. The molecule has 1 aliphatic rings. The minimum absolute atomic E-state index is 0.105. The Balaban J connectivity index is 1.44. The normalized spacial score (nSPS) is 14.5. The average molecular weight is 580 g/mol. The van der Waals surface area contributed by atoms with Gasteiger partial charge in [-0.25, -0.2) is 4.79 Å². The Morgan fingerprint density at radius 1 is 0.974 bits per heavy atom. The molecule has 3 atom stereocenters. The number of pyridine rings is 1. The van der Waals surface area contributed by atoms with Crippen LogP contribution in [0.25, 0.3) is 11.1 Å². The zero-order valence-electron chi connectivity index (χ0n) is 21.2. The first kappa shape index (κ1) is 27.3. The topological polar surface area (TPSA) is 118 Å². The number of aliphatic carboxylic acids is 1. The summed E-state index contributed by atoms with van der Waals surface area (Å²) in [5.74, 6) is -2.09. The van der Waals surface area contributed by atoms with Crippen LogP contribution in [0.2, 0.25) is 0 Å². The number of hydrogen-bond donors (Lipinski definition) is 3. The molecule has 2 amide bonds. The van der Waals surface area contributed by atoms with Crippen LogP contribution in [0.5, 0.6) is 0 Å². The zero-order valence-corrected chi connectivity index (χ0v) is 22.8. The molecule has 4 rings (SSSR count). The number of carbonyl (C=O) groups is 3. The van der Waals surface area contributed by atoms with Gasteiger partial charge in [0.25, 0.3) is 0 Å². The van der Waals surface area contributed by atoms with Crippen LogP contribution < -0.4 is 10.6 Å². The molecule has 9 heteroatoms. The number of hydrogen-bond acceptors (Lipinski definition) is 5. The van der Waals surface area contributed by atoms with Crippen LogP contribution in [0, 0.1) is 5.92 Å². The van der Waals surface area contributed by atoms with Gasteiger partial charge in [0, 0.05) is 34.7 Å². The predicted molar refractivity (Wildman–Crippen MR) is 147 cm³/mol. The molecular formula is C29H30BrN3O5. The number of nitrogens with one attached hydrogen (secondary N) is 2. The van der Waals surface area contributed by atoms with E-state index < -0.39 is 36.0 Å². The molecule has 0 saturated carbocycles. The van der Waals surface area contributed by atoms with Gasteiger partial charge in [-0.2, -0.15) is 0 Å². The van der Waals surface area contributed by atoms with Crippen molar-refractivity contribution in [3.63, 3.8) is 0 Å². The molecule has 3 aromatic rings. The van der Waals surface area contributed by atoms with Crippen molar-refractivity contribution in [3.05, 3.63) is 88.2 Å². The Kier molecular flexibility index (Phi) is 8.78. The van der Waals surface area contributed by atoms with Crippen LogP contribution in [0.3, 0.4) is 0 Å². The number of nitrogens with zero attached hydrogens (tertiary/aromatic N) is 1. The Bertz CT molecular complexity index is 1270. The number of carbonyl (C=O) groups excluding carboxylic acids is 2. The molecule has 0 radical (unpaired) electrons. The van der Waals surface area contributed by atoms with E-state index in [1.54, 1.807) is 26.1 Å². The molecule has 1 heterocycles. The third-order valence-corrected chi connectivity index (χ3v) is 7.14. The lowest BCUT2D eigenvalue weighted by molar-refractivity contribution is -0.141. The molecule has 0 fully saturated rings. The number of ether oxygens (including phenoxy) is 1. The molecule has 1 aliphatic carbocycles. The third kappa shape index (κ3) is 6.58. The molecule has 38 heavy (non-hydrogen) atoms. The van der Waals surface area contributed by atoms with Gasteiger partial charge < -0.3 is 20.5 Å². The third-order valence-electron chi connectivity index (χ3n) is 6.67. The number of benzene rings is 2. The number of alkyl carbamates (subject to hydrolysis) is 1. The van der Waals surface area contributed by atoms with Gasteiger partial charge in [-0.3, -0.25) is 14.6 Å². The minimum Gasteiger partial charge on any atom is -0.481 e. The molecule has 8 nitrogen and oxygen atoms in total. The average Bonchev–Trinajstić information content (AvgIpc) is 3.21. The second-order valence-electron chi connectivity index (χ2n) is 9.58. The van der Waals surface area contributed by atoms with E-state index >= 15 is 0 Å². The summed E-state index contributed by atoms with van der Waals surface area (Å²) in [4.78, 5) is 41.6. The molecule has 0 saturated heterocycles. The van der Waals surface area contributed by atoms with E-state index in [1.807, 2.05) is 42.5 Å². The smallest absolute Gasteiger partial charge is 0.407 e. The van der Waals surface area contributed by atoms with Crippen LogP contribution in [-0.2, 0) is 20.7 Å². The van der Waals surface area contributed by atoms with Crippen molar-refractivity contribution in [2.45, 2.75) is 44.7 Å². The molecule has 0 unspecified atom stereocenters. The van der Waals surface area contributed by atoms with Gasteiger partial charge in [0.05, 0.1) is 5.92 Å². The van der Waals surface area contributed by atoms with Crippen LogP contribution in [0.15, 0.2) is 71.3 Å². The Morgan fingerprint density at radius 2 is 1.61 bits per heavy atom. The fourth-order valence-corrected chi connectivity index (χ4v) is 5.00. The van der Waals surface area contributed by atoms with E-state index in [1.165, 1.54) is 0 Å². The summed E-state index contributed by atoms with van der Waals surface area (Å²) in [6.07, 6.45) is 1.31. The first-order valence-electron chi connectivity index (χ1n) is 12.5. The van der Waals surface area contributed by atoms with Gasteiger partial charge in [0.1, 0.15) is 12.6 Å². The summed E-state index contributed by atoms with van der Waals surface area (Å²) in [7, 11) is 0. The van der Waals surface area contributed by atoms with Gasteiger partial charge in [-0.15, -0.1) is 0 Å². The van der Waals surface area contributed by atoms with E-state index in [-0.39, 0.29) is 25.4 Å². The quantitative estimate of drug-likeness (QED) is 0.314. The first-order chi connectivity index (χ1) is 18.2. The van der Waals surface area contributed by atoms with Crippen molar-refractivity contribution in [1.82, 2.24) is 15.6 Å². The summed E-state index contributed by atoms with van der Waals surface area (Å²) in [6, 6.07) is 18.3. The number of halogens is 1. The van der Waals surface area contributed by atoms with Gasteiger partial charge >= 0.3 is 12.1 Å². The number of amides is 2. The standard InChI is InChI=1S/C29H30BrN3O5/c1-17(28(35)36)13-18(2)32-27(34)26(14-20-12-11-19(30)15-31-20)33-29(37)38-16-25-23-9-5-3-7-21(23)22-8-4-6-10-24(22)25/h3-12,15,17-18,25-26H,13-14,16H2,1-2H3,(H,32,34)(H,33,37)(H,35,36)/t17-,18-,26+/m1/s1. The highest BCUT2D eigenvalue weighted by atomic mass is 79.9. The molecule has 1 aromatic heterocycles. The SMILES string of the molecule is C[C@H](C[C@@H](C)C(=O)O)NC(=O)[C@H](Cc1ccc(Br)cn1)NC(=O)OCC1c2ccccc2-c2ccccc21. The van der Waals surface area contributed by atoms with Crippen LogP contribution in [0.1, 0.15) is 43.0 Å². The Labute approximate surface area is 229 Å². The number of aromatic nitrogens is 1. The minimum atomic E-state index is -0.957. The van der Waals surface area contributed by atoms with Crippen molar-refractivity contribution in [1.29, 1.82) is 0 Å². The van der Waals surface area contributed by atoms with E-state index in [4.69, 9.17) is 4.74 Å². The van der Waals surface area contributed by atoms with Gasteiger partial charge in [-0.05, 0) is 63.7 Å². The van der Waals surface area contributed by atoms with Crippen molar-refractivity contribution in [3.8, 4) is 11.1 Å². The van der Waals surface area contributed by atoms with Crippen molar-refractivity contribution in [2.75, 3.05) is 6.61 Å². The molecule has 2 aromatic carbocycles. The van der Waals surface area contributed by atoms with E-state index in [2.05, 4.69) is 43.7 Å². The number of carboxylic acids is 1. The van der Waals surface area contributed by atoms with Crippen LogP contribution >= 0.6 is 15.9 Å². The number of rotatable bonds is 10. The Hall–Kier alpha value is -3.72. The molecule has 198 valence electrons. The molecule has 0 aliphatic heterocycles. The monoisotopic (exact) mass is 579 g/mol.